The molecule has 0 radical (unpaired) electrons. The summed E-state index contributed by atoms with van der Waals surface area (Å²) in [6.45, 7) is 0. The average Bonchev–Trinajstić information content (AvgIpc) is 2.62. The first-order chi connectivity index (χ1) is 8.31. The van der Waals surface area contributed by atoms with E-state index in [1.54, 1.807) is 0 Å². The monoisotopic (exact) mass is 235 g/mol. The molecule has 1 heterocycles. The third kappa shape index (κ3) is 3.32. The molecule has 0 amide bonds. The number of aryl methyl sites for hydroxylation is 1. The molecule has 0 spiro atoms. The third-order valence-corrected chi connectivity index (χ3v) is 4.06. The standard InChI is InChI=1S/C14H25N3/c1-15-13(14-16-9-10-17(14)2)11-12-7-5-3-4-6-8-12/h9-10,12-13,15H,3-8,11H2,1-2H3. The van der Waals surface area contributed by atoms with Crippen molar-refractivity contribution in [2.75, 3.05) is 7.05 Å². The molecule has 3 heteroatoms. The minimum atomic E-state index is 0.415. The Morgan fingerprint density at radius 2 is 2.06 bits per heavy atom. The van der Waals surface area contributed by atoms with Crippen LogP contribution in [0, 0.1) is 5.92 Å². The fraction of sp³-hybridized carbons (Fsp3) is 0.786. The summed E-state index contributed by atoms with van der Waals surface area (Å²) in [5.74, 6) is 2.06. The van der Waals surface area contributed by atoms with Crippen LogP contribution in [0.25, 0.3) is 0 Å². The Balaban J connectivity index is 1.97. The van der Waals surface area contributed by atoms with Gasteiger partial charge < -0.3 is 9.88 Å². The molecule has 2 rings (SSSR count). The lowest BCUT2D eigenvalue weighted by atomic mass is 9.92. The van der Waals surface area contributed by atoms with Gasteiger partial charge in [0.1, 0.15) is 5.82 Å². The summed E-state index contributed by atoms with van der Waals surface area (Å²) in [5, 5.41) is 3.43. The van der Waals surface area contributed by atoms with Crippen LogP contribution in [0.4, 0.5) is 0 Å². The highest BCUT2D eigenvalue weighted by Gasteiger charge is 2.20. The van der Waals surface area contributed by atoms with E-state index in [2.05, 4.69) is 29.0 Å². The minimum Gasteiger partial charge on any atom is -0.337 e. The van der Waals surface area contributed by atoms with Crippen LogP contribution in [0.1, 0.15) is 56.8 Å². The molecule has 1 aliphatic carbocycles. The number of nitrogens with zero attached hydrogens (tertiary/aromatic N) is 2. The second-order valence-electron chi connectivity index (χ2n) is 5.33. The molecule has 1 aromatic heterocycles. The zero-order chi connectivity index (χ0) is 12.1. The van der Waals surface area contributed by atoms with Crippen molar-refractivity contribution in [3.8, 4) is 0 Å². The molecule has 1 N–H and O–H groups in total. The molecule has 3 nitrogen and oxygen atoms in total. The van der Waals surface area contributed by atoms with Gasteiger partial charge in [-0.15, -0.1) is 0 Å². The molecule has 1 fully saturated rings. The Morgan fingerprint density at radius 1 is 1.35 bits per heavy atom. The summed E-state index contributed by atoms with van der Waals surface area (Å²) >= 11 is 0. The number of hydrogen-bond acceptors (Lipinski definition) is 2. The van der Waals surface area contributed by atoms with Gasteiger partial charge in [0, 0.05) is 19.4 Å². The smallest absolute Gasteiger partial charge is 0.125 e. The lowest BCUT2D eigenvalue weighted by Gasteiger charge is -2.22. The number of imidazole rings is 1. The van der Waals surface area contributed by atoms with Crippen LogP contribution in [-0.4, -0.2) is 16.6 Å². The van der Waals surface area contributed by atoms with Gasteiger partial charge >= 0.3 is 0 Å². The van der Waals surface area contributed by atoms with Crippen LogP contribution in [-0.2, 0) is 7.05 Å². The first kappa shape index (κ1) is 12.6. The molecule has 1 aromatic rings. The maximum Gasteiger partial charge on any atom is 0.125 e. The van der Waals surface area contributed by atoms with Gasteiger partial charge in [0.25, 0.3) is 0 Å². The van der Waals surface area contributed by atoms with E-state index in [1.807, 2.05) is 12.4 Å². The molecular weight excluding hydrogens is 210 g/mol. The first-order valence-corrected chi connectivity index (χ1v) is 6.95. The van der Waals surface area contributed by atoms with Gasteiger partial charge in [-0.3, -0.25) is 0 Å². The molecule has 0 aliphatic heterocycles. The van der Waals surface area contributed by atoms with E-state index < -0.39 is 0 Å². The first-order valence-electron chi connectivity index (χ1n) is 6.95. The van der Waals surface area contributed by atoms with Gasteiger partial charge in [0.05, 0.1) is 6.04 Å². The molecule has 0 aromatic carbocycles. The van der Waals surface area contributed by atoms with E-state index in [0.29, 0.717) is 6.04 Å². The van der Waals surface area contributed by atoms with Crippen molar-refractivity contribution < 1.29 is 0 Å². The van der Waals surface area contributed by atoms with Gasteiger partial charge in [0.15, 0.2) is 0 Å². The number of aromatic nitrogens is 2. The quantitative estimate of drug-likeness (QED) is 0.813. The van der Waals surface area contributed by atoms with Crippen LogP contribution in [0.2, 0.25) is 0 Å². The van der Waals surface area contributed by atoms with Crippen LogP contribution < -0.4 is 5.32 Å². The number of hydrogen-bond donors (Lipinski definition) is 1. The zero-order valence-electron chi connectivity index (χ0n) is 11.2. The summed E-state index contributed by atoms with van der Waals surface area (Å²) < 4.78 is 2.14. The molecule has 96 valence electrons. The van der Waals surface area contributed by atoms with Gasteiger partial charge in [0.2, 0.25) is 0 Å². The van der Waals surface area contributed by atoms with E-state index in [9.17, 15) is 0 Å². The topological polar surface area (TPSA) is 29.9 Å². The highest BCUT2D eigenvalue weighted by molar-refractivity contribution is 4.99. The van der Waals surface area contributed by atoms with E-state index >= 15 is 0 Å². The van der Waals surface area contributed by atoms with Crippen molar-refractivity contribution >= 4 is 0 Å². The molecule has 0 bridgehead atoms. The summed E-state index contributed by atoms with van der Waals surface area (Å²) in [7, 11) is 4.13. The highest BCUT2D eigenvalue weighted by atomic mass is 15.1. The van der Waals surface area contributed by atoms with Crippen molar-refractivity contribution in [1.29, 1.82) is 0 Å². The van der Waals surface area contributed by atoms with Crippen LogP contribution in [0.3, 0.4) is 0 Å². The van der Waals surface area contributed by atoms with Gasteiger partial charge in [-0.05, 0) is 19.4 Å². The van der Waals surface area contributed by atoms with Gasteiger partial charge in [-0.2, -0.15) is 0 Å². The van der Waals surface area contributed by atoms with Gasteiger partial charge in [-0.1, -0.05) is 38.5 Å². The summed E-state index contributed by atoms with van der Waals surface area (Å²) in [4.78, 5) is 4.48. The summed E-state index contributed by atoms with van der Waals surface area (Å²) in [5.41, 5.74) is 0. The lowest BCUT2D eigenvalue weighted by molar-refractivity contribution is 0.355. The average molecular weight is 235 g/mol. The zero-order valence-corrected chi connectivity index (χ0v) is 11.2. The van der Waals surface area contributed by atoms with Crippen LogP contribution >= 0.6 is 0 Å². The van der Waals surface area contributed by atoms with Crippen molar-refractivity contribution in [1.82, 2.24) is 14.9 Å². The van der Waals surface area contributed by atoms with Crippen molar-refractivity contribution in [2.45, 2.75) is 51.0 Å². The maximum absolute atomic E-state index is 4.48. The number of rotatable bonds is 4. The molecule has 0 saturated heterocycles. The fourth-order valence-corrected chi connectivity index (χ4v) is 3.00. The Hall–Kier alpha value is -0.830. The van der Waals surface area contributed by atoms with Crippen LogP contribution in [0.5, 0.6) is 0 Å². The van der Waals surface area contributed by atoms with E-state index in [0.717, 1.165) is 5.92 Å². The van der Waals surface area contributed by atoms with Crippen molar-refractivity contribution in [2.24, 2.45) is 13.0 Å². The highest BCUT2D eigenvalue weighted by Crippen LogP contribution is 2.30. The minimum absolute atomic E-state index is 0.415. The number of nitrogens with one attached hydrogen (secondary N) is 1. The molecule has 1 unspecified atom stereocenters. The second-order valence-corrected chi connectivity index (χ2v) is 5.33. The van der Waals surface area contributed by atoms with E-state index in [-0.39, 0.29) is 0 Å². The van der Waals surface area contributed by atoms with Crippen LogP contribution in [0.15, 0.2) is 12.4 Å². The third-order valence-electron chi connectivity index (χ3n) is 4.06. The summed E-state index contributed by atoms with van der Waals surface area (Å²) in [6, 6.07) is 0.415. The molecule has 17 heavy (non-hydrogen) atoms. The lowest BCUT2D eigenvalue weighted by Crippen LogP contribution is -2.23. The Labute approximate surface area is 105 Å². The van der Waals surface area contributed by atoms with Gasteiger partial charge in [-0.25, -0.2) is 4.98 Å². The molecule has 1 aliphatic rings. The predicted octanol–water partition coefficient (Wildman–Crippen LogP) is 3.04. The maximum atomic E-state index is 4.48. The SMILES string of the molecule is CNC(CC1CCCCCC1)c1nccn1C. The Bertz CT molecular complexity index is 324. The van der Waals surface area contributed by atoms with Crippen molar-refractivity contribution in [3.05, 3.63) is 18.2 Å². The largest absolute Gasteiger partial charge is 0.337 e. The fourth-order valence-electron chi connectivity index (χ4n) is 3.00. The Kier molecular flexibility index (Phi) is 4.60. The Morgan fingerprint density at radius 3 is 2.59 bits per heavy atom. The normalized spacial score (nSPS) is 20.1. The molecule has 1 saturated carbocycles. The molecular formula is C14H25N3. The predicted molar refractivity (Wildman–Crippen MR) is 70.8 cm³/mol. The second kappa shape index (κ2) is 6.20. The van der Waals surface area contributed by atoms with E-state index in [4.69, 9.17) is 0 Å². The summed E-state index contributed by atoms with van der Waals surface area (Å²) in [6.07, 6.45) is 13.7. The van der Waals surface area contributed by atoms with E-state index in [1.165, 1.54) is 50.8 Å². The van der Waals surface area contributed by atoms with Crippen molar-refractivity contribution in [3.63, 3.8) is 0 Å². The molecule has 1 atom stereocenters.